The topological polar surface area (TPSA) is 193 Å². The van der Waals surface area contributed by atoms with Gasteiger partial charge in [-0.3, -0.25) is 9.59 Å². The molecule has 0 aliphatic carbocycles. The van der Waals surface area contributed by atoms with Gasteiger partial charge in [0.15, 0.2) is 0 Å². The van der Waals surface area contributed by atoms with E-state index in [2.05, 4.69) is 20.9 Å². The Morgan fingerprint density at radius 1 is 1.14 bits per heavy atom. The van der Waals surface area contributed by atoms with Crippen molar-refractivity contribution in [3.63, 3.8) is 0 Å². The second-order valence-corrected chi connectivity index (χ2v) is 3.71. The smallest absolute Gasteiger partial charge is 0.648 e. The van der Waals surface area contributed by atoms with Crippen molar-refractivity contribution in [1.82, 2.24) is 5.32 Å². The second-order valence-electron chi connectivity index (χ2n) is 3.71. The predicted molar refractivity (Wildman–Crippen MR) is 75.3 cm³/mol. The van der Waals surface area contributed by atoms with Crippen molar-refractivity contribution in [3.05, 3.63) is 10.6 Å². The molecule has 1 radical (unpaired) electrons. The quantitative estimate of drug-likeness (QED) is 0.361. The van der Waals surface area contributed by atoms with Crippen LogP contribution in [-0.4, -0.2) is 73.2 Å². The molecule has 2 atom stereocenters. The van der Waals surface area contributed by atoms with Gasteiger partial charge in [-0.05, 0) is 25.3 Å². The third-order valence-electron chi connectivity index (χ3n) is 2.32. The van der Waals surface area contributed by atoms with Crippen molar-refractivity contribution in [1.29, 1.82) is 0 Å². The van der Waals surface area contributed by atoms with E-state index >= 15 is 0 Å². The Morgan fingerprint density at radius 3 is 2.10 bits per heavy atom. The summed E-state index contributed by atoms with van der Waals surface area (Å²) in [7, 11) is 0. The number of aliphatic imine (C=N–C) groups is 1. The second kappa shape index (κ2) is 13.9. The molecule has 11 heteroatoms. The number of carbonyl (C=O) groups is 2. The zero-order chi connectivity index (χ0) is 13.4. The van der Waals surface area contributed by atoms with Crippen molar-refractivity contribution in [3.8, 4) is 0 Å². The molecule has 2 rings (SSSR count). The van der Waals surface area contributed by atoms with E-state index in [9.17, 15) is 9.59 Å². The van der Waals surface area contributed by atoms with E-state index < -0.39 is 24.0 Å². The van der Waals surface area contributed by atoms with Crippen LogP contribution in [0.3, 0.4) is 0 Å². The van der Waals surface area contributed by atoms with Crippen molar-refractivity contribution < 1.29 is 47.8 Å². The summed E-state index contributed by atoms with van der Waals surface area (Å²) in [5, 5.41) is 27.3. The molecule has 0 spiro atoms. The van der Waals surface area contributed by atoms with Gasteiger partial charge >= 0.3 is 17.1 Å². The molecule has 1 saturated heterocycles. The van der Waals surface area contributed by atoms with Gasteiger partial charge in [-0.25, -0.2) is 0 Å². The maximum Gasteiger partial charge on any atom is 2.00 e. The van der Waals surface area contributed by atoms with Crippen molar-refractivity contribution >= 4 is 18.2 Å². The zero-order valence-corrected chi connectivity index (χ0v) is 12.2. The third kappa shape index (κ3) is 10.3. The molecule has 9 N–H and O–H groups in total. The van der Waals surface area contributed by atoms with E-state index in [1.807, 2.05) is 0 Å². The Labute approximate surface area is 132 Å². The average Bonchev–Trinajstić information content (AvgIpc) is 2.41. The Morgan fingerprint density at radius 2 is 1.81 bits per heavy atom. The van der Waals surface area contributed by atoms with Crippen LogP contribution < -0.4 is 5.32 Å². The SMILES string of the molecule is O=C(O)C1C=NCC[N-]1.O=C(O)C1CNCC[N-]1.[Cu+2].[OH3+].[OH3+]. The van der Waals surface area contributed by atoms with Crippen LogP contribution in [0.25, 0.3) is 10.6 Å². The zero-order valence-electron chi connectivity index (χ0n) is 11.3. The van der Waals surface area contributed by atoms with Crippen LogP contribution in [0.2, 0.25) is 0 Å². The van der Waals surface area contributed by atoms with Gasteiger partial charge in [0.05, 0.1) is 0 Å². The normalized spacial score (nSPS) is 23.0. The standard InChI is InChI=1S/C5H9N2O2.C5H7N2O2.Cu.2H2O/c2*8-5(9)4-3-6-1-2-7-4;;;/h4,6H,1-3H2,(H,8,9);3-4H,1-2H2,(H,8,9);;2*1H2/q2*-1;+2;;/p+2. The molecule has 1 fully saturated rings. The fourth-order valence-electron chi connectivity index (χ4n) is 1.39. The summed E-state index contributed by atoms with van der Waals surface area (Å²) in [6.45, 7) is 3.08. The first kappa shape index (κ1) is 24.9. The Balaban J connectivity index is -0.000000270. The minimum atomic E-state index is -0.918. The molecule has 10 nitrogen and oxygen atoms in total. The van der Waals surface area contributed by atoms with Gasteiger partial charge in [-0.15, -0.1) is 13.1 Å². The molecule has 0 bridgehead atoms. The number of hydrogen-bond donors (Lipinski definition) is 3. The van der Waals surface area contributed by atoms with Crippen LogP contribution in [0, 0.1) is 0 Å². The molecular formula is C10H22CuN4O6+2. The Kier molecular flexibility index (Phi) is 16.5. The molecule has 2 heterocycles. The van der Waals surface area contributed by atoms with Gasteiger partial charge < -0.3 is 42.1 Å². The summed E-state index contributed by atoms with van der Waals surface area (Å²) < 4.78 is 0. The maximum absolute atomic E-state index is 10.2. The number of carboxylic acid groups (broad SMARTS) is 2. The molecule has 0 aromatic heterocycles. The summed E-state index contributed by atoms with van der Waals surface area (Å²) in [5.41, 5.74) is 0. The van der Waals surface area contributed by atoms with Crippen LogP contribution in [-0.2, 0) is 37.6 Å². The molecular weight excluding hydrogens is 336 g/mol. The molecule has 0 saturated carbocycles. The van der Waals surface area contributed by atoms with E-state index in [0.29, 0.717) is 26.2 Å². The minimum Gasteiger partial charge on any atom is -0.648 e. The third-order valence-corrected chi connectivity index (χ3v) is 2.32. The van der Waals surface area contributed by atoms with E-state index in [4.69, 9.17) is 10.2 Å². The summed E-state index contributed by atoms with van der Waals surface area (Å²) in [5.74, 6) is -1.75. The van der Waals surface area contributed by atoms with Crippen molar-refractivity contribution in [2.45, 2.75) is 12.1 Å². The molecule has 21 heavy (non-hydrogen) atoms. The largest absolute Gasteiger partial charge is 2.00 e. The summed E-state index contributed by atoms with van der Waals surface area (Å²) in [6.07, 6.45) is 1.37. The van der Waals surface area contributed by atoms with Gasteiger partial charge in [-0.2, -0.15) is 0 Å². The van der Waals surface area contributed by atoms with Gasteiger partial charge in [0.2, 0.25) is 0 Å². The molecule has 127 valence electrons. The van der Waals surface area contributed by atoms with Gasteiger partial charge in [-0.1, -0.05) is 0 Å². The summed E-state index contributed by atoms with van der Waals surface area (Å²) in [4.78, 5) is 24.2. The maximum atomic E-state index is 10.2. The van der Waals surface area contributed by atoms with Crippen molar-refractivity contribution in [2.24, 2.45) is 4.99 Å². The molecule has 0 amide bonds. The number of aliphatic carboxylic acids is 2. The fraction of sp³-hybridized carbons (Fsp3) is 0.700. The number of rotatable bonds is 2. The minimum absolute atomic E-state index is 0. The predicted octanol–water partition coefficient (Wildman–Crippen LogP) is -2.53. The summed E-state index contributed by atoms with van der Waals surface area (Å²) in [6, 6.07) is -1.21. The van der Waals surface area contributed by atoms with E-state index in [1.54, 1.807) is 0 Å². The first-order chi connectivity index (χ1) is 8.61. The van der Waals surface area contributed by atoms with Crippen LogP contribution in [0.5, 0.6) is 0 Å². The number of hydrogen-bond acceptors (Lipinski definition) is 4. The Bertz CT molecular complexity index is 325. The van der Waals surface area contributed by atoms with Gasteiger partial charge in [0.25, 0.3) is 11.9 Å². The molecule has 0 aromatic rings. The van der Waals surface area contributed by atoms with Crippen LogP contribution in [0.1, 0.15) is 0 Å². The summed E-state index contributed by atoms with van der Waals surface area (Å²) >= 11 is 0. The number of carboxylic acids is 2. The van der Waals surface area contributed by atoms with Crippen LogP contribution in [0.15, 0.2) is 4.99 Å². The molecule has 2 aliphatic rings. The molecule has 0 aromatic carbocycles. The Hall–Kier alpha value is -1.07. The first-order valence-electron chi connectivity index (χ1n) is 5.60. The van der Waals surface area contributed by atoms with Crippen LogP contribution in [0.4, 0.5) is 0 Å². The average molecular weight is 358 g/mol. The molecule has 2 unspecified atom stereocenters. The van der Waals surface area contributed by atoms with E-state index in [1.165, 1.54) is 6.21 Å². The van der Waals surface area contributed by atoms with Crippen LogP contribution >= 0.6 is 0 Å². The number of piperazine rings is 1. The van der Waals surface area contributed by atoms with Gasteiger partial charge in [0.1, 0.15) is 0 Å². The molecule has 2 aliphatic heterocycles. The monoisotopic (exact) mass is 357 g/mol. The number of nitrogens with zero attached hydrogens (tertiary/aromatic N) is 3. The fourth-order valence-corrected chi connectivity index (χ4v) is 1.39. The van der Waals surface area contributed by atoms with Gasteiger partial charge in [0, 0.05) is 12.6 Å². The first-order valence-corrected chi connectivity index (χ1v) is 5.60. The van der Waals surface area contributed by atoms with E-state index in [-0.39, 0.29) is 28.0 Å². The van der Waals surface area contributed by atoms with E-state index in [0.717, 1.165) is 6.54 Å². The number of nitrogens with one attached hydrogen (secondary N) is 1. The van der Waals surface area contributed by atoms with Crippen molar-refractivity contribution in [2.75, 3.05) is 32.7 Å².